The zero-order chi connectivity index (χ0) is 28.9. The number of nitrogens with one attached hydrogen (secondary N) is 2. The number of morpholine rings is 1. The summed E-state index contributed by atoms with van der Waals surface area (Å²) in [4.78, 5) is 33.6. The zero-order valence-electron chi connectivity index (χ0n) is 24.1. The lowest BCUT2D eigenvalue weighted by molar-refractivity contribution is -0.133. The van der Waals surface area contributed by atoms with E-state index in [1.807, 2.05) is 72.8 Å². The topological polar surface area (TPSA) is 92.8 Å². The Labute approximate surface area is 243 Å². The lowest BCUT2D eigenvalue weighted by Crippen LogP contribution is -2.56. The summed E-state index contributed by atoms with van der Waals surface area (Å²) in [7, 11) is 0. The first kappa shape index (κ1) is 30.2. The Hall–Kier alpha value is -3.75. The second-order valence-corrected chi connectivity index (χ2v) is 10.8. The molecular weight excluding hydrogens is 516 g/mol. The molecule has 218 valence electrons. The number of amides is 2. The fourth-order valence-corrected chi connectivity index (χ4v) is 4.92. The summed E-state index contributed by atoms with van der Waals surface area (Å²) in [6, 6.07) is 22.4. The van der Waals surface area contributed by atoms with Gasteiger partial charge in [-0.05, 0) is 47.7 Å². The molecule has 1 aromatic heterocycles. The van der Waals surface area contributed by atoms with E-state index in [1.54, 1.807) is 6.20 Å². The number of carbonyl (C=O) groups is 2. The van der Waals surface area contributed by atoms with Crippen LogP contribution < -0.4 is 15.4 Å². The average molecular weight is 559 g/mol. The molecule has 2 aromatic carbocycles. The van der Waals surface area contributed by atoms with Crippen molar-refractivity contribution in [3.63, 3.8) is 0 Å². The number of hydrogen-bond acceptors (Lipinski definition) is 6. The number of ether oxygens (including phenoxy) is 2. The molecule has 2 heterocycles. The van der Waals surface area contributed by atoms with Crippen LogP contribution in [0.2, 0.25) is 0 Å². The normalized spacial score (nSPS) is 15.2. The highest BCUT2D eigenvalue weighted by molar-refractivity contribution is 5.90. The molecule has 1 saturated heterocycles. The Kier molecular flexibility index (Phi) is 11.7. The molecule has 2 N–H and O–H groups in total. The molecular formula is C33H42N4O4. The number of hydrogen-bond donors (Lipinski definition) is 2. The van der Waals surface area contributed by atoms with Crippen LogP contribution in [0.15, 0.2) is 79.0 Å². The molecule has 2 amide bonds. The minimum atomic E-state index is -0.710. The van der Waals surface area contributed by atoms with Gasteiger partial charge in [0.25, 0.3) is 0 Å². The molecule has 1 aliphatic rings. The van der Waals surface area contributed by atoms with Crippen molar-refractivity contribution >= 4 is 11.8 Å². The monoisotopic (exact) mass is 558 g/mol. The van der Waals surface area contributed by atoms with Gasteiger partial charge in [-0.2, -0.15) is 0 Å². The van der Waals surface area contributed by atoms with Gasteiger partial charge in [0.15, 0.2) is 0 Å². The Morgan fingerprint density at radius 2 is 1.66 bits per heavy atom. The van der Waals surface area contributed by atoms with E-state index < -0.39 is 6.04 Å². The SMILES string of the molecule is CC(C)C[C@@H](C(=O)N[C@@H](Cc1ccc(OCc2ccccc2)cc1)C(=O)NCCc1ccccn1)N1CCOCC1. The third-order valence-corrected chi connectivity index (χ3v) is 7.13. The van der Waals surface area contributed by atoms with Gasteiger partial charge in [-0.1, -0.05) is 62.4 Å². The molecule has 41 heavy (non-hydrogen) atoms. The van der Waals surface area contributed by atoms with Crippen molar-refractivity contribution in [2.24, 2.45) is 5.92 Å². The van der Waals surface area contributed by atoms with E-state index in [-0.39, 0.29) is 17.9 Å². The molecule has 0 aliphatic carbocycles. The van der Waals surface area contributed by atoms with Crippen molar-refractivity contribution in [3.8, 4) is 5.75 Å². The lowest BCUT2D eigenvalue weighted by Gasteiger charge is -2.35. The maximum Gasteiger partial charge on any atom is 0.242 e. The van der Waals surface area contributed by atoms with Crippen molar-refractivity contribution in [1.29, 1.82) is 0 Å². The van der Waals surface area contributed by atoms with Gasteiger partial charge in [-0.25, -0.2) is 0 Å². The third-order valence-electron chi connectivity index (χ3n) is 7.13. The van der Waals surface area contributed by atoms with Gasteiger partial charge in [0.05, 0.1) is 19.3 Å². The molecule has 8 nitrogen and oxygen atoms in total. The minimum Gasteiger partial charge on any atom is -0.489 e. The maximum atomic E-state index is 13.6. The van der Waals surface area contributed by atoms with Gasteiger partial charge in [0.2, 0.25) is 11.8 Å². The summed E-state index contributed by atoms with van der Waals surface area (Å²) in [6.07, 6.45) is 3.45. The zero-order valence-corrected chi connectivity index (χ0v) is 24.1. The van der Waals surface area contributed by atoms with Crippen molar-refractivity contribution in [3.05, 3.63) is 95.8 Å². The van der Waals surface area contributed by atoms with Gasteiger partial charge in [0.1, 0.15) is 18.4 Å². The van der Waals surface area contributed by atoms with Gasteiger partial charge in [-0.3, -0.25) is 19.5 Å². The second kappa shape index (κ2) is 15.9. The Bertz CT molecular complexity index is 1200. The van der Waals surface area contributed by atoms with Crippen LogP contribution in [-0.4, -0.2) is 66.6 Å². The highest BCUT2D eigenvalue weighted by Crippen LogP contribution is 2.17. The van der Waals surface area contributed by atoms with Crippen LogP contribution in [0.25, 0.3) is 0 Å². The third kappa shape index (κ3) is 9.99. The number of pyridine rings is 1. The van der Waals surface area contributed by atoms with Crippen LogP contribution in [0, 0.1) is 5.92 Å². The molecule has 0 radical (unpaired) electrons. The van der Waals surface area contributed by atoms with Crippen LogP contribution in [-0.2, 0) is 33.8 Å². The Balaban J connectivity index is 1.42. The van der Waals surface area contributed by atoms with Gasteiger partial charge >= 0.3 is 0 Å². The summed E-state index contributed by atoms with van der Waals surface area (Å²) in [5.41, 5.74) is 2.94. The van der Waals surface area contributed by atoms with E-state index in [2.05, 4.69) is 34.4 Å². The fraction of sp³-hybridized carbons (Fsp3) is 0.424. The standard InChI is InChI=1S/C33H42N4O4/c1-25(2)22-31(37-18-20-40-21-19-37)33(39)36-30(32(38)35-17-15-28-10-6-7-16-34-28)23-26-11-13-29(14-12-26)41-24-27-8-4-3-5-9-27/h3-14,16,25,30-31H,15,17-24H2,1-2H3,(H,35,38)(H,36,39)/t30-,31-/m0/s1. The van der Waals surface area contributed by atoms with E-state index in [4.69, 9.17) is 9.47 Å². The predicted molar refractivity (Wildman–Crippen MR) is 159 cm³/mol. The number of nitrogens with zero attached hydrogens (tertiary/aromatic N) is 2. The van der Waals surface area contributed by atoms with Crippen molar-refractivity contribution in [1.82, 2.24) is 20.5 Å². The van der Waals surface area contributed by atoms with Crippen LogP contribution in [0.3, 0.4) is 0 Å². The van der Waals surface area contributed by atoms with Crippen LogP contribution in [0.1, 0.15) is 37.1 Å². The van der Waals surface area contributed by atoms with Crippen LogP contribution >= 0.6 is 0 Å². The second-order valence-electron chi connectivity index (χ2n) is 10.8. The molecule has 8 heteroatoms. The van der Waals surface area contributed by atoms with Crippen molar-refractivity contribution in [2.75, 3.05) is 32.8 Å². The largest absolute Gasteiger partial charge is 0.489 e. The van der Waals surface area contributed by atoms with E-state index >= 15 is 0 Å². The van der Waals surface area contributed by atoms with Gasteiger partial charge in [-0.15, -0.1) is 0 Å². The molecule has 1 aliphatic heterocycles. The smallest absolute Gasteiger partial charge is 0.242 e. The molecule has 3 aromatic rings. The first-order valence-electron chi connectivity index (χ1n) is 14.5. The van der Waals surface area contributed by atoms with Gasteiger partial charge in [0, 0.05) is 44.4 Å². The molecule has 0 unspecified atom stereocenters. The van der Waals surface area contributed by atoms with Crippen LogP contribution in [0.4, 0.5) is 0 Å². The highest BCUT2D eigenvalue weighted by atomic mass is 16.5. The summed E-state index contributed by atoms with van der Waals surface area (Å²) in [5, 5.41) is 6.11. The summed E-state index contributed by atoms with van der Waals surface area (Å²) < 4.78 is 11.4. The number of carbonyl (C=O) groups excluding carboxylic acids is 2. The molecule has 4 rings (SSSR count). The first-order chi connectivity index (χ1) is 20.0. The number of aromatic nitrogens is 1. The minimum absolute atomic E-state index is 0.117. The molecule has 0 saturated carbocycles. The van der Waals surface area contributed by atoms with E-state index in [9.17, 15) is 9.59 Å². The fourth-order valence-electron chi connectivity index (χ4n) is 4.92. The predicted octanol–water partition coefficient (Wildman–Crippen LogP) is 3.79. The van der Waals surface area contributed by atoms with E-state index in [0.717, 1.165) is 22.6 Å². The quantitative estimate of drug-likeness (QED) is 0.313. The number of benzene rings is 2. The van der Waals surface area contributed by atoms with E-state index in [0.29, 0.717) is 64.6 Å². The van der Waals surface area contributed by atoms with Crippen LogP contribution in [0.5, 0.6) is 5.75 Å². The molecule has 0 bridgehead atoms. The van der Waals surface area contributed by atoms with Crippen molar-refractivity contribution in [2.45, 2.75) is 51.8 Å². The summed E-state index contributed by atoms with van der Waals surface area (Å²) in [5.74, 6) is 0.766. The van der Waals surface area contributed by atoms with Crippen molar-refractivity contribution < 1.29 is 19.1 Å². The summed E-state index contributed by atoms with van der Waals surface area (Å²) >= 11 is 0. The maximum absolute atomic E-state index is 13.6. The molecule has 2 atom stereocenters. The Morgan fingerprint density at radius 1 is 0.927 bits per heavy atom. The molecule has 1 fully saturated rings. The lowest BCUT2D eigenvalue weighted by atomic mass is 9.99. The van der Waals surface area contributed by atoms with Gasteiger partial charge < -0.3 is 20.1 Å². The molecule has 0 spiro atoms. The van der Waals surface area contributed by atoms with E-state index in [1.165, 1.54) is 0 Å². The summed E-state index contributed by atoms with van der Waals surface area (Å²) in [6.45, 7) is 7.78. The number of rotatable bonds is 14. The average Bonchev–Trinajstić information content (AvgIpc) is 3.00. The Morgan fingerprint density at radius 3 is 2.34 bits per heavy atom. The first-order valence-corrected chi connectivity index (χ1v) is 14.5. The highest BCUT2D eigenvalue weighted by Gasteiger charge is 2.31.